The van der Waals surface area contributed by atoms with E-state index in [4.69, 9.17) is 5.26 Å². The molecule has 80 valence electrons. The van der Waals surface area contributed by atoms with Gasteiger partial charge in [0.1, 0.15) is 0 Å². The molecule has 0 amide bonds. The van der Waals surface area contributed by atoms with Gasteiger partial charge in [0, 0.05) is 19.8 Å². The van der Waals surface area contributed by atoms with E-state index in [1.54, 1.807) is 19.0 Å². The summed E-state index contributed by atoms with van der Waals surface area (Å²) in [5.41, 5.74) is -0.828. The molecule has 2 nitrogen and oxygen atoms in total. The standard InChI is InChI=1S/C10H9F3N2/c1-15(2)8-4-3-7(6-14)9(5-8)10(11,12)13/h3-5H,1-2H3. The molecule has 0 fully saturated rings. The van der Waals surface area contributed by atoms with Crippen molar-refractivity contribution in [3.05, 3.63) is 29.3 Å². The fraction of sp³-hybridized carbons (Fsp3) is 0.300. The zero-order valence-electron chi connectivity index (χ0n) is 8.26. The predicted octanol–water partition coefficient (Wildman–Crippen LogP) is 2.64. The Kier molecular flexibility index (Phi) is 2.89. The molecular formula is C10H9F3N2. The number of anilines is 1. The Balaban J connectivity index is 3.34. The van der Waals surface area contributed by atoms with Gasteiger partial charge in [-0.25, -0.2) is 0 Å². The van der Waals surface area contributed by atoms with Crippen LogP contribution in [0.2, 0.25) is 0 Å². The lowest BCUT2D eigenvalue weighted by atomic mass is 10.1. The highest BCUT2D eigenvalue weighted by Crippen LogP contribution is 2.33. The monoisotopic (exact) mass is 214 g/mol. The normalized spacial score (nSPS) is 10.9. The molecular weight excluding hydrogens is 205 g/mol. The third-order valence-electron chi connectivity index (χ3n) is 1.95. The van der Waals surface area contributed by atoms with E-state index in [9.17, 15) is 13.2 Å². The minimum atomic E-state index is -4.49. The molecule has 0 heterocycles. The molecule has 0 bridgehead atoms. The van der Waals surface area contributed by atoms with Crippen molar-refractivity contribution in [3.63, 3.8) is 0 Å². The Labute approximate surface area is 85.5 Å². The third kappa shape index (κ3) is 2.40. The first-order chi connectivity index (χ1) is 6.86. The fourth-order valence-corrected chi connectivity index (χ4v) is 1.14. The molecule has 1 aromatic rings. The first-order valence-electron chi connectivity index (χ1n) is 4.15. The maximum Gasteiger partial charge on any atom is 0.417 e. The molecule has 0 saturated heterocycles. The van der Waals surface area contributed by atoms with Crippen molar-refractivity contribution in [1.29, 1.82) is 5.26 Å². The van der Waals surface area contributed by atoms with Gasteiger partial charge >= 0.3 is 6.18 Å². The van der Waals surface area contributed by atoms with Gasteiger partial charge < -0.3 is 4.90 Å². The van der Waals surface area contributed by atoms with Crippen LogP contribution in [0.25, 0.3) is 0 Å². The van der Waals surface area contributed by atoms with Gasteiger partial charge in [0.25, 0.3) is 0 Å². The van der Waals surface area contributed by atoms with E-state index < -0.39 is 11.7 Å². The Hall–Kier alpha value is -1.70. The minimum absolute atomic E-state index is 0.354. The van der Waals surface area contributed by atoms with Gasteiger partial charge in [-0.3, -0.25) is 0 Å². The van der Waals surface area contributed by atoms with E-state index in [1.807, 2.05) is 0 Å². The Morgan fingerprint density at radius 1 is 1.27 bits per heavy atom. The molecule has 0 spiro atoms. The maximum absolute atomic E-state index is 12.5. The van der Waals surface area contributed by atoms with Crippen LogP contribution in [0, 0.1) is 11.3 Å². The summed E-state index contributed by atoms with van der Waals surface area (Å²) in [6.45, 7) is 0. The van der Waals surface area contributed by atoms with E-state index in [-0.39, 0.29) is 5.56 Å². The summed E-state index contributed by atoms with van der Waals surface area (Å²) in [5.74, 6) is 0. The number of halogens is 3. The molecule has 0 aliphatic carbocycles. The molecule has 1 rings (SSSR count). The van der Waals surface area contributed by atoms with Gasteiger partial charge in [0.05, 0.1) is 17.2 Å². The van der Waals surface area contributed by atoms with Gasteiger partial charge in [-0.15, -0.1) is 0 Å². The maximum atomic E-state index is 12.5. The summed E-state index contributed by atoms with van der Waals surface area (Å²) in [6, 6.07) is 5.16. The van der Waals surface area contributed by atoms with E-state index in [0.717, 1.165) is 6.07 Å². The number of rotatable bonds is 1. The van der Waals surface area contributed by atoms with Crippen molar-refractivity contribution < 1.29 is 13.2 Å². The number of nitrogens with zero attached hydrogens (tertiary/aromatic N) is 2. The molecule has 0 radical (unpaired) electrons. The summed E-state index contributed by atoms with van der Waals surface area (Å²) in [7, 11) is 3.28. The van der Waals surface area contributed by atoms with Crippen molar-refractivity contribution in [2.45, 2.75) is 6.18 Å². The average molecular weight is 214 g/mol. The van der Waals surface area contributed by atoms with Crippen molar-refractivity contribution in [2.75, 3.05) is 19.0 Å². The second kappa shape index (κ2) is 3.81. The van der Waals surface area contributed by atoms with E-state index in [2.05, 4.69) is 0 Å². The molecule has 5 heteroatoms. The van der Waals surface area contributed by atoms with Gasteiger partial charge in [0.15, 0.2) is 0 Å². The molecule has 0 saturated carbocycles. The third-order valence-corrected chi connectivity index (χ3v) is 1.95. The van der Waals surface area contributed by atoms with Crippen LogP contribution in [-0.2, 0) is 6.18 Å². The summed E-state index contributed by atoms with van der Waals surface area (Å²) < 4.78 is 37.5. The smallest absolute Gasteiger partial charge is 0.378 e. The van der Waals surface area contributed by atoms with E-state index in [1.165, 1.54) is 18.2 Å². The van der Waals surface area contributed by atoms with Crippen LogP contribution in [0.3, 0.4) is 0 Å². The molecule has 0 aliphatic rings. The highest BCUT2D eigenvalue weighted by Gasteiger charge is 2.33. The van der Waals surface area contributed by atoms with Crippen molar-refractivity contribution in [2.24, 2.45) is 0 Å². The fourth-order valence-electron chi connectivity index (χ4n) is 1.14. The van der Waals surface area contributed by atoms with Crippen molar-refractivity contribution in [3.8, 4) is 6.07 Å². The summed E-state index contributed by atoms with van der Waals surface area (Å²) in [5, 5.41) is 8.55. The van der Waals surface area contributed by atoms with Gasteiger partial charge in [-0.1, -0.05) is 0 Å². The van der Waals surface area contributed by atoms with Crippen LogP contribution < -0.4 is 4.90 Å². The van der Waals surface area contributed by atoms with Crippen LogP contribution in [0.4, 0.5) is 18.9 Å². The molecule has 0 N–H and O–H groups in total. The summed E-state index contributed by atoms with van der Waals surface area (Å²) in [6.07, 6.45) is -4.49. The number of hydrogen-bond acceptors (Lipinski definition) is 2. The minimum Gasteiger partial charge on any atom is -0.378 e. The molecule has 15 heavy (non-hydrogen) atoms. The number of benzene rings is 1. The lowest BCUT2D eigenvalue weighted by Crippen LogP contribution is -2.13. The number of alkyl halides is 3. The highest BCUT2D eigenvalue weighted by atomic mass is 19.4. The van der Waals surface area contributed by atoms with Gasteiger partial charge in [-0.05, 0) is 18.2 Å². The Morgan fingerprint density at radius 3 is 2.27 bits per heavy atom. The van der Waals surface area contributed by atoms with Crippen LogP contribution in [0.1, 0.15) is 11.1 Å². The van der Waals surface area contributed by atoms with Crippen LogP contribution >= 0.6 is 0 Å². The lowest BCUT2D eigenvalue weighted by molar-refractivity contribution is -0.137. The van der Waals surface area contributed by atoms with Gasteiger partial charge in [-0.2, -0.15) is 18.4 Å². The zero-order chi connectivity index (χ0) is 11.6. The van der Waals surface area contributed by atoms with Crippen LogP contribution in [-0.4, -0.2) is 14.1 Å². The zero-order valence-corrected chi connectivity index (χ0v) is 8.26. The Bertz CT molecular complexity index is 402. The molecule has 1 aromatic carbocycles. The molecule has 0 atom stereocenters. The lowest BCUT2D eigenvalue weighted by Gasteiger charge is -2.15. The molecule has 0 unspecified atom stereocenters. The largest absolute Gasteiger partial charge is 0.417 e. The predicted molar refractivity (Wildman–Crippen MR) is 50.5 cm³/mol. The summed E-state index contributed by atoms with van der Waals surface area (Å²) in [4.78, 5) is 1.55. The second-order valence-electron chi connectivity index (χ2n) is 3.23. The quantitative estimate of drug-likeness (QED) is 0.718. The summed E-state index contributed by atoms with van der Waals surface area (Å²) >= 11 is 0. The highest BCUT2D eigenvalue weighted by molar-refractivity contribution is 5.53. The van der Waals surface area contributed by atoms with E-state index >= 15 is 0 Å². The van der Waals surface area contributed by atoms with Crippen LogP contribution in [0.5, 0.6) is 0 Å². The first-order valence-corrected chi connectivity index (χ1v) is 4.15. The molecule has 0 aromatic heterocycles. The molecule has 0 aliphatic heterocycles. The SMILES string of the molecule is CN(C)c1ccc(C#N)c(C(F)(F)F)c1. The van der Waals surface area contributed by atoms with Crippen molar-refractivity contribution in [1.82, 2.24) is 0 Å². The second-order valence-corrected chi connectivity index (χ2v) is 3.23. The first kappa shape index (κ1) is 11.4. The van der Waals surface area contributed by atoms with E-state index in [0.29, 0.717) is 5.69 Å². The number of hydrogen-bond donors (Lipinski definition) is 0. The van der Waals surface area contributed by atoms with Crippen molar-refractivity contribution >= 4 is 5.69 Å². The Morgan fingerprint density at radius 2 is 1.87 bits per heavy atom. The number of nitriles is 1. The average Bonchev–Trinajstić information content (AvgIpc) is 2.15. The van der Waals surface area contributed by atoms with Crippen LogP contribution in [0.15, 0.2) is 18.2 Å². The van der Waals surface area contributed by atoms with Gasteiger partial charge in [0.2, 0.25) is 0 Å². The topological polar surface area (TPSA) is 27.0 Å².